The number of nitro groups is 1. The van der Waals surface area contributed by atoms with Crippen LogP contribution >= 0.6 is 0 Å². The van der Waals surface area contributed by atoms with Crippen LogP contribution < -0.4 is 14.4 Å². The Hall–Kier alpha value is -3.14. The number of benzene rings is 2. The summed E-state index contributed by atoms with van der Waals surface area (Å²) in [5, 5.41) is 14.1. The number of ether oxygens (including phenoxy) is 1. The number of hydrogen-bond acceptors (Lipinski definition) is 6. The molecule has 0 radical (unpaired) electrons. The first-order valence-electron chi connectivity index (χ1n) is 11.0. The fourth-order valence-electron chi connectivity index (χ4n) is 4.00. The van der Waals surface area contributed by atoms with Crippen molar-refractivity contribution in [2.75, 3.05) is 17.7 Å². The summed E-state index contributed by atoms with van der Waals surface area (Å²) in [5.41, 5.74) is 2.64. The molecular formula is C24H33N3O6S. The molecule has 2 aromatic carbocycles. The molecule has 0 bridgehead atoms. The highest BCUT2D eigenvalue weighted by Crippen LogP contribution is 2.32. The third-order valence-corrected chi connectivity index (χ3v) is 6.87. The minimum atomic E-state index is -3.92. The van der Waals surface area contributed by atoms with Gasteiger partial charge < -0.3 is 10.1 Å². The SMILES string of the molecule is CCC(C(=O)NC(C)c1cc(C(C)C)c(OC)cc1C)N(c1cccc([N+](=O)[O-])c1)S(C)(=O)=O. The Labute approximate surface area is 201 Å². The van der Waals surface area contributed by atoms with Gasteiger partial charge in [0.1, 0.15) is 11.8 Å². The van der Waals surface area contributed by atoms with E-state index >= 15 is 0 Å². The van der Waals surface area contributed by atoms with Gasteiger partial charge in [-0.15, -0.1) is 0 Å². The van der Waals surface area contributed by atoms with Gasteiger partial charge in [0.25, 0.3) is 5.69 Å². The van der Waals surface area contributed by atoms with Crippen molar-refractivity contribution in [3.8, 4) is 5.75 Å². The van der Waals surface area contributed by atoms with Crippen LogP contribution in [0.5, 0.6) is 5.75 Å². The number of non-ortho nitro benzene ring substituents is 1. The maximum atomic E-state index is 13.3. The number of rotatable bonds is 10. The van der Waals surface area contributed by atoms with Crippen LogP contribution in [0.25, 0.3) is 0 Å². The zero-order valence-corrected chi connectivity index (χ0v) is 21.5. The molecule has 9 nitrogen and oxygen atoms in total. The first-order valence-corrected chi connectivity index (χ1v) is 12.9. The van der Waals surface area contributed by atoms with E-state index in [0.29, 0.717) is 0 Å². The van der Waals surface area contributed by atoms with Crippen molar-refractivity contribution in [1.82, 2.24) is 5.32 Å². The van der Waals surface area contributed by atoms with Crippen LogP contribution in [-0.2, 0) is 14.8 Å². The standard InChI is InChI=1S/C24H33N3O6S/c1-8-22(26(34(7,31)32)18-10-9-11-19(13-18)27(29)30)24(28)25-17(5)21-14-20(15(2)3)23(33-6)12-16(21)4/h9-15,17,22H,8H2,1-7H3,(H,25,28). The molecule has 1 amide bonds. The van der Waals surface area contributed by atoms with E-state index in [-0.39, 0.29) is 23.7 Å². The van der Waals surface area contributed by atoms with Crippen molar-refractivity contribution in [1.29, 1.82) is 0 Å². The lowest BCUT2D eigenvalue weighted by atomic mass is 9.93. The Morgan fingerprint density at radius 1 is 1.18 bits per heavy atom. The Balaban J connectivity index is 2.43. The van der Waals surface area contributed by atoms with Gasteiger partial charge in [-0.05, 0) is 61.1 Å². The van der Waals surface area contributed by atoms with Crippen molar-refractivity contribution in [3.63, 3.8) is 0 Å². The molecule has 10 heteroatoms. The summed E-state index contributed by atoms with van der Waals surface area (Å²) in [6, 6.07) is 7.70. The summed E-state index contributed by atoms with van der Waals surface area (Å²) < 4.78 is 31.8. The average Bonchev–Trinajstić information content (AvgIpc) is 2.75. The van der Waals surface area contributed by atoms with Crippen molar-refractivity contribution in [2.24, 2.45) is 0 Å². The van der Waals surface area contributed by atoms with Crippen LogP contribution in [-0.4, -0.2) is 38.7 Å². The highest BCUT2D eigenvalue weighted by molar-refractivity contribution is 7.92. The topological polar surface area (TPSA) is 119 Å². The van der Waals surface area contributed by atoms with E-state index in [2.05, 4.69) is 19.2 Å². The monoisotopic (exact) mass is 491 g/mol. The van der Waals surface area contributed by atoms with Gasteiger partial charge in [0.2, 0.25) is 15.9 Å². The molecule has 186 valence electrons. The lowest BCUT2D eigenvalue weighted by Crippen LogP contribution is -2.49. The molecule has 0 saturated heterocycles. The molecule has 0 saturated carbocycles. The van der Waals surface area contributed by atoms with Gasteiger partial charge in [-0.2, -0.15) is 0 Å². The fourth-order valence-corrected chi connectivity index (χ4v) is 5.21. The van der Waals surface area contributed by atoms with E-state index in [4.69, 9.17) is 4.74 Å². The molecule has 0 spiro atoms. The maximum absolute atomic E-state index is 13.3. The molecule has 2 aromatic rings. The van der Waals surface area contributed by atoms with Crippen molar-refractivity contribution in [2.45, 2.75) is 59.0 Å². The summed E-state index contributed by atoms with van der Waals surface area (Å²) in [5.74, 6) is 0.485. The highest BCUT2D eigenvalue weighted by atomic mass is 32.2. The van der Waals surface area contributed by atoms with E-state index in [1.165, 1.54) is 18.2 Å². The highest BCUT2D eigenvalue weighted by Gasteiger charge is 2.33. The largest absolute Gasteiger partial charge is 0.496 e. The summed E-state index contributed by atoms with van der Waals surface area (Å²) in [4.78, 5) is 23.9. The van der Waals surface area contributed by atoms with Gasteiger partial charge in [-0.25, -0.2) is 8.42 Å². The van der Waals surface area contributed by atoms with E-state index in [9.17, 15) is 23.3 Å². The van der Waals surface area contributed by atoms with E-state index in [0.717, 1.165) is 39.1 Å². The second-order valence-electron chi connectivity index (χ2n) is 8.60. The zero-order valence-electron chi connectivity index (χ0n) is 20.7. The average molecular weight is 492 g/mol. The van der Waals surface area contributed by atoms with Crippen LogP contribution in [0.1, 0.15) is 62.8 Å². The van der Waals surface area contributed by atoms with Crippen LogP contribution in [0, 0.1) is 17.0 Å². The predicted molar refractivity (Wildman–Crippen MR) is 133 cm³/mol. The van der Waals surface area contributed by atoms with Gasteiger partial charge >= 0.3 is 0 Å². The van der Waals surface area contributed by atoms with E-state index in [1.54, 1.807) is 14.0 Å². The number of sulfonamides is 1. The quantitative estimate of drug-likeness (QED) is 0.387. The Morgan fingerprint density at radius 2 is 1.82 bits per heavy atom. The molecule has 0 aliphatic rings. The molecule has 34 heavy (non-hydrogen) atoms. The molecule has 0 aliphatic carbocycles. The Bertz CT molecular complexity index is 1160. The van der Waals surface area contributed by atoms with Gasteiger partial charge in [0.15, 0.2) is 0 Å². The predicted octanol–water partition coefficient (Wildman–Crippen LogP) is 4.46. The number of methoxy groups -OCH3 is 1. The molecule has 0 aromatic heterocycles. The number of anilines is 1. The number of nitro benzene ring substituents is 1. The molecule has 2 atom stereocenters. The molecule has 0 heterocycles. The summed E-state index contributed by atoms with van der Waals surface area (Å²) in [6.07, 6.45) is 1.15. The summed E-state index contributed by atoms with van der Waals surface area (Å²) >= 11 is 0. The Morgan fingerprint density at radius 3 is 2.32 bits per heavy atom. The number of carbonyl (C=O) groups is 1. The first-order chi connectivity index (χ1) is 15.8. The van der Waals surface area contributed by atoms with Crippen LogP contribution in [0.3, 0.4) is 0 Å². The molecule has 0 aliphatic heterocycles. The number of nitrogens with zero attached hydrogens (tertiary/aromatic N) is 2. The number of hydrogen-bond donors (Lipinski definition) is 1. The number of nitrogens with one attached hydrogen (secondary N) is 1. The number of amides is 1. The molecular weight excluding hydrogens is 458 g/mol. The van der Waals surface area contributed by atoms with E-state index in [1.807, 2.05) is 26.0 Å². The van der Waals surface area contributed by atoms with Crippen molar-refractivity contribution in [3.05, 3.63) is 63.2 Å². The number of carbonyl (C=O) groups excluding carboxylic acids is 1. The third kappa shape index (κ3) is 6.05. The van der Waals surface area contributed by atoms with Crippen molar-refractivity contribution < 1.29 is 22.9 Å². The number of aryl methyl sites for hydroxylation is 1. The smallest absolute Gasteiger partial charge is 0.271 e. The minimum absolute atomic E-state index is 0.0640. The molecule has 2 rings (SSSR count). The van der Waals surface area contributed by atoms with Gasteiger partial charge in [-0.3, -0.25) is 19.2 Å². The molecule has 2 unspecified atom stereocenters. The van der Waals surface area contributed by atoms with Crippen LogP contribution in [0.15, 0.2) is 36.4 Å². The van der Waals surface area contributed by atoms with Gasteiger partial charge in [-0.1, -0.05) is 26.8 Å². The van der Waals surface area contributed by atoms with Crippen molar-refractivity contribution >= 4 is 27.3 Å². The third-order valence-electron chi connectivity index (χ3n) is 5.69. The van der Waals surface area contributed by atoms with Crippen LogP contribution in [0.4, 0.5) is 11.4 Å². The lowest BCUT2D eigenvalue weighted by molar-refractivity contribution is -0.384. The van der Waals surface area contributed by atoms with Gasteiger partial charge in [0, 0.05) is 12.1 Å². The fraction of sp³-hybridized carbons (Fsp3) is 0.458. The van der Waals surface area contributed by atoms with Gasteiger partial charge in [0.05, 0.1) is 30.0 Å². The molecule has 1 N–H and O–H groups in total. The minimum Gasteiger partial charge on any atom is -0.496 e. The second kappa shape index (κ2) is 10.9. The second-order valence-corrected chi connectivity index (χ2v) is 10.5. The summed E-state index contributed by atoms with van der Waals surface area (Å²) in [6.45, 7) is 9.56. The van der Waals surface area contributed by atoms with Crippen LogP contribution in [0.2, 0.25) is 0 Å². The normalized spacial score (nSPS) is 13.3. The maximum Gasteiger partial charge on any atom is 0.271 e. The first kappa shape index (κ1) is 27.1. The summed E-state index contributed by atoms with van der Waals surface area (Å²) in [7, 11) is -2.30. The zero-order chi connectivity index (χ0) is 25.8. The van der Waals surface area contributed by atoms with E-state index < -0.39 is 32.9 Å². The Kier molecular flexibility index (Phi) is 8.66. The lowest BCUT2D eigenvalue weighted by Gasteiger charge is -2.31. The molecule has 0 fully saturated rings.